The second-order valence-electron chi connectivity index (χ2n) is 6.35. The zero-order valence-corrected chi connectivity index (χ0v) is 15.7. The standard InChI is InChI=1S/C22H24FNO3/c1-4-15(2)19-7-5-6-8-20(19)24-22(26)16(3)27-21(25)14-11-17-9-12-18(23)13-10-17/h5-16H,4H2,1-3H3,(H,24,26)/b14-11+/t15-,16-/m0/s1. The lowest BCUT2D eigenvalue weighted by atomic mass is 9.97. The molecule has 0 radical (unpaired) electrons. The summed E-state index contributed by atoms with van der Waals surface area (Å²) < 4.78 is 18.0. The van der Waals surface area contributed by atoms with Crippen LogP contribution in [0.1, 0.15) is 44.2 Å². The van der Waals surface area contributed by atoms with Gasteiger partial charge in [-0.15, -0.1) is 0 Å². The van der Waals surface area contributed by atoms with E-state index in [0.717, 1.165) is 17.7 Å². The number of carbonyl (C=O) groups is 2. The number of hydrogen-bond donors (Lipinski definition) is 1. The van der Waals surface area contributed by atoms with Crippen LogP contribution in [0.3, 0.4) is 0 Å². The molecule has 5 heteroatoms. The van der Waals surface area contributed by atoms with Crippen molar-refractivity contribution in [1.29, 1.82) is 0 Å². The average Bonchev–Trinajstić information content (AvgIpc) is 2.67. The lowest BCUT2D eigenvalue weighted by Crippen LogP contribution is -2.29. The summed E-state index contributed by atoms with van der Waals surface area (Å²) in [5.74, 6) is -1.08. The van der Waals surface area contributed by atoms with Crippen molar-refractivity contribution in [3.05, 3.63) is 71.6 Å². The lowest BCUT2D eigenvalue weighted by molar-refractivity contribution is -0.148. The molecule has 0 saturated heterocycles. The van der Waals surface area contributed by atoms with E-state index < -0.39 is 18.0 Å². The van der Waals surface area contributed by atoms with Crippen molar-refractivity contribution in [2.45, 2.75) is 39.2 Å². The molecule has 0 aromatic heterocycles. The Morgan fingerprint density at radius 3 is 2.44 bits per heavy atom. The Kier molecular flexibility index (Phi) is 7.29. The van der Waals surface area contributed by atoms with E-state index in [1.165, 1.54) is 31.2 Å². The first-order valence-electron chi connectivity index (χ1n) is 8.94. The van der Waals surface area contributed by atoms with E-state index in [9.17, 15) is 14.0 Å². The van der Waals surface area contributed by atoms with Gasteiger partial charge < -0.3 is 10.1 Å². The van der Waals surface area contributed by atoms with E-state index in [1.807, 2.05) is 24.3 Å². The largest absolute Gasteiger partial charge is 0.449 e. The minimum absolute atomic E-state index is 0.304. The average molecular weight is 369 g/mol. The highest BCUT2D eigenvalue weighted by Gasteiger charge is 2.18. The number of anilines is 1. The van der Waals surface area contributed by atoms with E-state index in [0.29, 0.717) is 11.5 Å². The second kappa shape index (κ2) is 9.67. The van der Waals surface area contributed by atoms with Crippen LogP contribution in [-0.4, -0.2) is 18.0 Å². The molecule has 0 aliphatic heterocycles. The molecule has 4 nitrogen and oxygen atoms in total. The Balaban J connectivity index is 1.95. The van der Waals surface area contributed by atoms with Gasteiger partial charge in [-0.1, -0.05) is 44.2 Å². The molecule has 2 rings (SSSR count). The molecule has 0 saturated carbocycles. The molecular formula is C22H24FNO3. The number of ether oxygens (including phenoxy) is 1. The van der Waals surface area contributed by atoms with Crippen LogP contribution in [0, 0.1) is 5.82 Å². The molecule has 2 atom stereocenters. The van der Waals surface area contributed by atoms with Crippen LogP contribution in [0.5, 0.6) is 0 Å². The molecular weight excluding hydrogens is 345 g/mol. The van der Waals surface area contributed by atoms with Crippen molar-refractivity contribution >= 4 is 23.6 Å². The summed E-state index contributed by atoms with van der Waals surface area (Å²) in [6, 6.07) is 13.3. The van der Waals surface area contributed by atoms with Crippen molar-refractivity contribution in [2.75, 3.05) is 5.32 Å². The maximum atomic E-state index is 12.9. The van der Waals surface area contributed by atoms with Gasteiger partial charge in [0.2, 0.25) is 0 Å². The summed E-state index contributed by atoms with van der Waals surface area (Å²) in [4.78, 5) is 24.3. The number of nitrogens with one attached hydrogen (secondary N) is 1. The molecule has 0 fully saturated rings. The fourth-order valence-corrected chi connectivity index (χ4v) is 2.50. The van der Waals surface area contributed by atoms with Crippen molar-refractivity contribution in [3.8, 4) is 0 Å². The van der Waals surface area contributed by atoms with E-state index in [1.54, 1.807) is 12.1 Å². The molecule has 0 bridgehead atoms. The molecule has 2 aromatic rings. The number of benzene rings is 2. The smallest absolute Gasteiger partial charge is 0.331 e. The van der Waals surface area contributed by atoms with Crippen LogP contribution >= 0.6 is 0 Å². The zero-order chi connectivity index (χ0) is 19.8. The molecule has 2 aromatic carbocycles. The maximum Gasteiger partial charge on any atom is 0.331 e. The van der Waals surface area contributed by atoms with Gasteiger partial charge >= 0.3 is 5.97 Å². The predicted octanol–water partition coefficient (Wildman–Crippen LogP) is 4.92. The molecule has 0 unspecified atom stereocenters. The van der Waals surface area contributed by atoms with Gasteiger partial charge in [0.15, 0.2) is 6.10 Å². The molecule has 1 N–H and O–H groups in total. The highest BCUT2D eigenvalue weighted by Crippen LogP contribution is 2.26. The molecule has 0 spiro atoms. The highest BCUT2D eigenvalue weighted by atomic mass is 19.1. The summed E-state index contributed by atoms with van der Waals surface area (Å²) in [6.07, 6.45) is 2.72. The predicted molar refractivity (Wildman–Crippen MR) is 105 cm³/mol. The fourth-order valence-electron chi connectivity index (χ4n) is 2.50. The Hall–Kier alpha value is -2.95. The monoisotopic (exact) mass is 369 g/mol. The topological polar surface area (TPSA) is 55.4 Å². The summed E-state index contributed by atoms with van der Waals surface area (Å²) >= 11 is 0. The van der Waals surface area contributed by atoms with E-state index in [2.05, 4.69) is 19.2 Å². The number of amides is 1. The van der Waals surface area contributed by atoms with Crippen LogP contribution in [0.15, 0.2) is 54.6 Å². The van der Waals surface area contributed by atoms with E-state index >= 15 is 0 Å². The number of esters is 1. The third-order valence-electron chi connectivity index (χ3n) is 4.31. The van der Waals surface area contributed by atoms with Crippen molar-refractivity contribution < 1.29 is 18.7 Å². The van der Waals surface area contributed by atoms with Crippen molar-refractivity contribution in [1.82, 2.24) is 0 Å². The first kappa shape index (κ1) is 20.4. The number of halogens is 1. The third-order valence-corrected chi connectivity index (χ3v) is 4.31. The Morgan fingerprint density at radius 2 is 1.78 bits per heavy atom. The zero-order valence-electron chi connectivity index (χ0n) is 15.7. The minimum atomic E-state index is -0.944. The van der Waals surface area contributed by atoms with Gasteiger partial charge in [0.25, 0.3) is 5.91 Å². The van der Waals surface area contributed by atoms with E-state index in [4.69, 9.17) is 4.74 Å². The molecule has 0 aliphatic rings. The summed E-state index contributed by atoms with van der Waals surface area (Å²) in [5, 5.41) is 2.83. The van der Waals surface area contributed by atoms with Gasteiger partial charge in [0, 0.05) is 11.8 Å². The van der Waals surface area contributed by atoms with Gasteiger partial charge in [-0.2, -0.15) is 0 Å². The van der Waals surface area contributed by atoms with Crippen LogP contribution in [0.4, 0.5) is 10.1 Å². The fraction of sp³-hybridized carbons (Fsp3) is 0.273. The minimum Gasteiger partial charge on any atom is -0.449 e. The lowest BCUT2D eigenvalue weighted by Gasteiger charge is -2.17. The number of para-hydroxylation sites is 1. The van der Waals surface area contributed by atoms with Crippen molar-refractivity contribution in [2.24, 2.45) is 0 Å². The van der Waals surface area contributed by atoms with E-state index in [-0.39, 0.29) is 5.82 Å². The quantitative estimate of drug-likeness (QED) is 0.556. The number of carbonyl (C=O) groups excluding carboxylic acids is 2. The van der Waals surface area contributed by atoms with Crippen LogP contribution in [-0.2, 0) is 14.3 Å². The second-order valence-corrected chi connectivity index (χ2v) is 6.35. The number of rotatable bonds is 7. The normalized spacial score (nSPS) is 13.2. The Morgan fingerprint density at radius 1 is 1.11 bits per heavy atom. The van der Waals surface area contributed by atoms with Gasteiger partial charge in [-0.05, 0) is 54.7 Å². The SMILES string of the molecule is CC[C@H](C)c1ccccc1NC(=O)[C@H](C)OC(=O)/C=C/c1ccc(F)cc1. The molecule has 0 aliphatic carbocycles. The summed E-state index contributed by atoms with van der Waals surface area (Å²) in [7, 11) is 0. The molecule has 1 amide bonds. The number of hydrogen-bond acceptors (Lipinski definition) is 3. The summed E-state index contributed by atoms with van der Waals surface area (Å²) in [6.45, 7) is 5.70. The third kappa shape index (κ3) is 6.06. The van der Waals surface area contributed by atoms with Crippen LogP contribution in [0.25, 0.3) is 6.08 Å². The van der Waals surface area contributed by atoms with Gasteiger partial charge in [-0.3, -0.25) is 4.79 Å². The Bertz CT molecular complexity index is 815. The molecule has 142 valence electrons. The van der Waals surface area contributed by atoms with Crippen molar-refractivity contribution in [3.63, 3.8) is 0 Å². The van der Waals surface area contributed by atoms with Gasteiger partial charge in [0.05, 0.1) is 0 Å². The summed E-state index contributed by atoms with van der Waals surface area (Å²) in [5.41, 5.74) is 2.43. The van der Waals surface area contributed by atoms with Gasteiger partial charge in [-0.25, -0.2) is 9.18 Å². The first-order valence-corrected chi connectivity index (χ1v) is 8.94. The Labute approximate surface area is 159 Å². The van der Waals surface area contributed by atoms with Crippen LogP contribution in [0.2, 0.25) is 0 Å². The highest BCUT2D eigenvalue weighted by molar-refractivity contribution is 5.97. The van der Waals surface area contributed by atoms with Crippen LogP contribution < -0.4 is 5.32 Å². The molecule has 27 heavy (non-hydrogen) atoms. The van der Waals surface area contributed by atoms with Gasteiger partial charge in [0.1, 0.15) is 5.82 Å². The first-order chi connectivity index (χ1) is 12.9. The molecule has 0 heterocycles. The maximum absolute atomic E-state index is 12.9.